The second kappa shape index (κ2) is 9.00. The Morgan fingerprint density at radius 3 is 2.31 bits per heavy atom. The molecule has 0 unspecified atom stereocenters. The van der Waals surface area contributed by atoms with Gasteiger partial charge in [-0.25, -0.2) is 22.2 Å². The fraction of sp³-hybridized carbons (Fsp3) is 0.286. The lowest BCUT2D eigenvalue weighted by Gasteiger charge is -2.33. The van der Waals surface area contributed by atoms with Gasteiger partial charge in [0.25, 0.3) is 0 Å². The normalized spacial score (nSPS) is 15.1. The smallest absolute Gasteiger partial charge is 0.249 e. The van der Waals surface area contributed by atoms with Crippen molar-refractivity contribution < 1.29 is 26.7 Å². The number of anilines is 1. The first-order valence-electron chi connectivity index (χ1n) is 9.72. The highest BCUT2D eigenvalue weighted by molar-refractivity contribution is 7.89. The summed E-state index contributed by atoms with van der Waals surface area (Å²) in [7, 11) is -1.11. The minimum Gasteiger partial charge on any atom is -0.497 e. The van der Waals surface area contributed by atoms with Crippen LogP contribution < -0.4 is 14.4 Å². The van der Waals surface area contributed by atoms with Gasteiger partial charge < -0.3 is 14.4 Å². The second-order valence-electron chi connectivity index (χ2n) is 7.02. The van der Waals surface area contributed by atoms with E-state index in [0.29, 0.717) is 30.3 Å². The summed E-state index contributed by atoms with van der Waals surface area (Å²) in [5, 5.41) is 2.61. The van der Waals surface area contributed by atoms with Gasteiger partial charge in [-0.3, -0.25) is 0 Å². The summed E-state index contributed by atoms with van der Waals surface area (Å²) >= 11 is 1.42. The summed E-state index contributed by atoms with van der Waals surface area (Å²) in [6.45, 7) is 0.871. The van der Waals surface area contributed by atoms with Crippen LogP contribution in [0.3, 0.4) is 0 Å². The number of hydrogen-bond acceptors (Lipinski definition) is 7. The van der Waals surface area contributed by atoms with E-state index in [2.05, 4.69) is 4.98 Å². The van der Waals surface area contributed by atoms with E-state index < -0.39 is 26.6 Å². The van der Waals surface area contributed by atoms with Crippen LogP contribution >= 0.6 is 11.3 Å². The molecule has 0 aliphatic carbocycles. The molecular weight excluding hydrogens is 460 g/mol. The van der Waals surface area contributed by atoms with Gasteiger partial charge in [0.05, 0.1) is 19.9 Å². The molecule has 11 heteroatoms. The molecule has 0 radical (unpaired) electrons. The van der Waals surface area contributed by atoms with E-state index in [9.17, 15) is 17.2 Å². The average molecular weight is 482 g/mol. The van der Waals surface area contributed by atoms with Crippen LogP contribution in [0.5, 0.6) is 11.5 Å². The zero-order valence-corrected chi connectivity index (χ0v) is 19.0. The molecule has 2 heterocycles. The zero-order valence-electron chi connectivity index (χ0n) is 17.4. The highest BCUT2D eigenvalue weighted by Crippen LogP contribution is 2.36. The van der Waals surface area contributed by atoms with E-state index in [1.807, 2.05) is 16.3 Å². The minimum absolute atomic E-state index is 0.0908. The van der Waals surface area contributed by atoms with Crippen molar-refractivity contribution >= 4 is 26.5 Å². The number of rotatable bonds is 6. The molecule has 2 aromatic carbocycles. The molecule has 1 saturated heterocycles. The third kappa shape index (κ3) is 4.15. The number of sulfonamides is 1. The lowest BCUT2D eigenvalue weighted by molar-refractivity contribution is 0.378. The number of halogens is 2. The Bertz CT molecular complexity index is 1210. The van der Waals surface area contributed by atoms with Crippen LogP contribution in [0.25, 0.3) is 11.3 Å². The molecule has 170 valence electrons. The number of thiazole rings is 1. The molecule has 0 amide bonds. The fourth-order valence-corrected chi connectivity index (χ4v) is 5.94. The SMILES string of the molecule is COc1ccc(OC)c(-c2csc(N3CCN(S(=O)(=O)c4c(F)cccc4F)CC3)n2)c1. The van der Waals surface area contributed by atoms with Crippen molar-refractivity contribution in [3.63, 3.8) is 0 Å². The Morgan fingerprint density at radius 1 is 1.00 bits per heavy atom. The van der Waals surface area contributed by atoms with Gasteiger partial charge in [-0.1, -0.05) is 6.07 Å². The summed E-state index contributed by atoms with van der Waals surface area (Å²) in [6.07, 6.45) is 0. The number of benzene rings is 2. The lowest BCUT2D eigenvalue weighted by Crippen LogP contribution is -2.49. The summed E-state index contributed by atoms with van der Waals surface area (Å²) in [5.41, 5.74) is 1.50. The Kier molecular flexibility index (Phi) is 6.31. The molecule has 1 fully saturated rings. The van der Waals surface area contributed by atoms with Crippen LogP contribution in [0.15, 0.2) is 46.7 Å². The molecule has 7 nitrogen and oxygen atoms in total. The van der Waals surface area contributed by atoms with Gasteiger partial charge in [-0.05, 0) is 30.3 Å². The van der Waals surface area contributed by atoms with Gasteiger partial charge in [0.2, 0.25) is 10.0 Å². The zero-order chi connectivity index (χ0) is 22.9. The van der Waals surface area contributed by atoms with Crippen molar-refractivity contribution in [3.8, 4) is 22.8 Å². The molecule has 32 heavy (non-hydrogen) atoms. The molecule has 0 saturated carbocycles. The standard InChI is InChI=1S/C21H21F2N3O4S2/c1-29-14-6-7-19(30-2)15(12-14)18-13-31-21(24-18)25-8-10-26(11-9-25)32(27,28)20-16(22)4-3-5-17(20)23/h3-7,12-13H,8-11H2,1-2H3. The van der Waals surface area contributed by atoms with E-state index in [1.54, 1.807) is 26.4 Å². The van der Waals surface area contributed by atoms with Gasteiger partial charge >= 0.3 is 0 Å². The van der Waals surface area contributed by atoms with E-state index in [0.717, 1.165) is 33.2 Å². The molecule has 3 aromatic rings. The summed E-state index contributed by atoms with van der Waals surface area (Å²) in [5.74, 6) is -0.853. The van der Waals surface area contributed by atoms with Crippen molar-refractivity contribution in [1.82, 2.24) is 9.29 Å². The summed E-state index contributed by atoms with van der Waals surface area (Å²) in [6, 6.07) is 8.46. The number of hydrogen-bond donors (Lipinski definition) is 0. The number of nitrogens with zero attached hydrogens (tertiary/aromatic N) is 3. The van der Waals surface area contributed by atoms with Crippen molar-refractivity contribution in [3.05, 3.63) is 53.4 Å². The first-order valence-corrected chi connectivity index (χ1v) is 12.0. The minimum atomic E-state index is -4.27. The first kappa shape index (κ1) is 22.4. The molecule has 0 N–H and O–H groups in total. The van der Waals surface area contributed by atoms with Gasteiger partial charge in [0, 0.05) is 37.1 Å². The molecule has 1 aliphatic rings. The Morgan fingerprint density at radius 2 is 1.69 bits per heavy atom. The third-order valence-electron chi connectivity index (χ3n) is 5.20. The first-order chi connectivity index (χ1) is 15.3. The third-order valence-corrected chi connectivity index (χ3v) is 8.05. The number of ether oxygens (including phenoxy) is 2. The van der Waals surface area contributed by atoms with Gasteiger partial charge in [-0.15, -0.1) is 11.3 Å². The van der Waals surface area contributed by atoms with Crippen LogP contribution in [0.4, 0.5) is 13.9 Å². The molecule has 4 rings (SSSR count). The monoisotopic (exact) mass is 481 g/mol. The van der Waals surface area contributed by atoms with Crippen LogP contribution in [0, 0.1) is 11.6 Å². The topological polar surface area (TPSA) is 72.0 Å². The Hall–Kier alpha value is -2.76. The maximum absolute atomic E-state index is 14.0. The van der Waals surface area contributed by atoms with Gasteiger partial charge in [0.1, 0.15) is 23.1 Å². The molecular formula is C21H21F2N3O4S2. The number of methoxy groups -OCH3 is 2. The van der Waals surface area contributed by atoms with Crippen LogP contribution in [-0.4, -0.2) is 58.1 Å². The van der Waals surface area contributed by atoms with Crippen LogP contribution in [0.1, 0.15) is 0 Å². The predicted octanol–water partition coefficient (Wildman–Crippen LogP) is 3.62. The van der Waals surface area contributed by atoms with Crippen molar-refractivity contribution in [1.29, 1.82) is 0 Å². The van der Waals surface area contributed by atoms with Crippen LogP contribution in [0.2, 0.25) is 0 Å². The highest BCUT2D eigenvalue weighted by Gasteiger charge is 2.33. The van der Waals surface area contributed by atoms with E-state index in [4.69, 9.17) is 9.47 Å². The lowest BCUT2D eigenvalue weighted by atomic mass is 10.1. The van der Waals surface area contributed by atoms with Gasteiger partial charge in [-0.2, -0.15) is 4.31 Å². The summed E-state index contributed by atoms with van der Waals surface area (Å²) < 4.78 is 65.5. The fourth-order valence-electron chi connectivity index (χ4n) is 3.53. The van der Waals surface area contributed by atoms with Gasteiger partial charge in [0.15, 0.2) is 10.0 Å². The Balaban J connectivity index is 1.51. The molecule has 1 aliphatic heterocycles. The largest absolute Gasteiger partial charge is 0.497 e. The van der Waals surface area contributed by atoms with Crippen LogP contribution in [-0.2, 0) is 10.0 Å². The average Bonchev–Trinajstić information content (AvgIpc) is 3.28. The highest BCUT2D eigenvalue weighted by atomic mass is 32.2. The number of piperazine rings is 1. The van der Waals surface area contributed by atoms with E-state index in [-0.39, 0.29) is 13.1 Å². The maximum Gasteiger partial charge on any atom is 0.249 e. The van der Waals surface area contributed by atoms with Crippen molar-refractivity contribution in [2.45, 2.75) is 4.90 Å². The molecule has 1 aromatic heterocycles. The quantitative estimate of drug-likeness (QED) is 0.536. The summed E-state index contributed by atoms with van der Waals surface area (Å²) in [4.78, 5) is 5.72. The van der Waals surface area contributed by atoms with Crippen molar-refractivity contribution in [2.24, 2.45) is 0 Å². The molecule has 0 bridgehead atoms. The van der Waals surface area contributed by atoms with Crippen molar-refractivity contribution in [2.75, 3.05) is 45.3 Å². The number of aromatic nitrogens is 1. The Labute approximate surface area is 188 Å². The second-order valence-corrected chi connectivity index (χ2v) is 9.73. The van der Waals surface area contributed by atoms with E-state index in [1.165, 1.54) is 11.3 Å². The van der Waals surface area contributed by atoms with E-state index >= 15 is 0 Å². The maximum atomic E-state index is 14.0. The predicted molar refractivity (Wildman–Crippen MR) is 118 cm³/mol. The molecule has 0 spiro atoms. The molecule has 0 atom stereocenters.